The van der Waals surface area contributed by atoms with E-state index >= 15 is 0 Å². The lowest BCUT2D eigenvalue weighted by molar-refractivity contribution is 0.0757. The Morgan fingerprint density at radius 1 is 1.18 bits per heavy atom. The summed E-state index contributed by atoms with van der Waals surface area (Å²) < 4.78 is 13.5. The molecule has 0 aromatic heterocycles. The number of amides is 1. The van der Waals surface area contributed by atoms with Crippen LogP contribution in [0.5, 0.6) is 5.75 Å². The zero-order valence-corrected chi connectivity index (χ0v) is 9.66. The lowest BCUT2D eigenvalue weighted by atomic mass is 10.1. The minimum Gasteiger partial charge on any atom is -0.508 e. The lowest BCUT2D eigenvalue weighted by Gasteiger charge is -2.20. The fourth-order valence-corrected chi connectivity index (χ4v) is 2.12. The normalized spacial score (nSPS) is 16.6. The molecule has 1 fully saturated rings. The van der Waals surface area contributed by atoms with E-state index in [1.165, 1.54) is 12.1 Å². The van der Waals surface area contributed by atoms with Crippen LogP contribution < -0.4 is 0 Å². The van der Waals surface area contributed by atoms with Crippen molar-refractivity contribution in [3.8, 4) is 5.75 Å². The van der Waals surface area contributed by atoms with Crippen LogP contribution in [0.4, 0.5) is 4.39 Å². The molecule has 0 atom stereocenters. The first-order valence-corrected chi connectivity index (χ1v) is 5.96. The molecular formula is C13H16FNO2. The molecule has 0 unspecified atom stereocenters. The largest absolute Gasteiger partial charge is 0.508 e. The highest BCUT2D eigenvalue weighted by atomic mass is 19.1. The Kier molecular flexibility index (Phi) is 3.61. The molecule has 4 heteroatoms. The highest BCUT2D eigenvalue weighted by molar-refractivity contribution is 5.94. The predicted molar refractivity (Wildman–Crippen MR) is 62.4 cm³/mol. The van der Waals surface area contributed by atoms with E-state index in [0.717, 1.165) is 31.7 Å². The van der Waals surface area contributed by atoms with E-state index in [1.54, 1.807) is 4.90 Å². The number of carbonyl (C=O) groups excluding carboxylic acids is 1. The van der Waals surface area contributed by atoms with Crippen molar-refractivity contribution in [3.63, 3.8) is 0 Å². The second-order valence-electron chi connectivity index (χ2n) is 4.37. The summed E-state index contributed by atoms with van der Waals surface area (Å²) in [6.07, 6.45) is 4.21. The number of phenolic OH excluding ortho intramolecular Hbond substituents is 1. The molecule has 17 heavy (non-hydrogen) atoms. The van der Waals surface area contributed by atoms with Crippen molar-refractivity contribution in [2.75, 3.05) is 13.1 Å². The predicted octanol–water partition coefficient (Wildman–Crippen LogP) is 2.55. The van der Waals surface area contributed by atoms with Gasteiger partial charge in [0.25, 0.3) is 5.91 Å². The summed E-state index contributed by atoms with van der Waals surface area (Å²) in [4.78, 5) is 13.8. The number of aromatic hydroxyl groups is 1. The molecule has 92 valence electrons. The highest BCUT2D eigenvalue weighted by Gasteiger charge is 2.20. The Morgan fingerprint density at radius 3 is 2.41 bits per heavy atom. The van der Waals surface area contributed by atoms with Crippen LogP contribution in [0.15, 0.2) is 18.2 Å². The number of hydrogen-bond donors (Lipinski definition) is 1. The van der Waals surface area contributed by atoms with Gasteiger partial charge in [0.2, 0.25) is 0 Å². The number of halogens is 1. The molecule has 1 N–H and O–H groups in total. The van der Waals surface area contributed by atoms with Crippen LogP contribution in [0.2, 0.25) is 0 Å². The number of rotatable bonds is 1. The molecule has 1 saturated heterocycles. The third-order valence-corrected chi connectivity index (χ3v) is 3.08. The summed E-state index contributed by atoms with van der Waals surface area (Å²) in [7, 11) is 0. The molecule has 3 nitrogen and oxygen atoms in total. The van der Waals surface area contributed by atoms with Crippen LogP contribution in [0.25, 0.3) is 0 Å². The average molecular weight is 237 g/mol. The van der Waals surface area contributed by atoms with Gasteiger partial charge in [-0.05, 0) is 25.0 Å². The third kappa shape index (κ3) is 2.75. The van der Waals surface area contributed by atoms with Gasteiger partial charge in [-0.15, -0.1) is 0 Å². The number of carbonyl (C=O) groups is 1. The van der Waals surface area contributed by atoms with Crippen LogP contribution in [0.1, 0.15) is 36.0 Å². The van der Waals surface area contributed by atoms with Crippen molar-refractivity contribution in [2.24, 2.45) is 0 Å². The van der Waals surface area contributed by atoms with Crippen LogP contribution in [-0.4, -0.2) is 29.0 Å². The van der Waals surface area contributed by atoms with Gasteiger partial charge in [0.05, 0.1) is 5.56 Å². The third-order valence-electron chi connectivity index (χ3n) is 3.08. The SMILES string of the molecule is O=C(c1ccc(O)cc1F)N1CCCCCC1. The molecule has 1 heterocycles. The molecule has 1 aromatic carbocycles. The molecule has 0 saturated carbocycles. The Bertz CT molecular complexity index is 412. The topological polar surface area (TPSA) is 40.5 Å². The Labute approximate surface area is 99.9 Å². The fraction of sp³-hybridized carbons (Fsp3) is 0.462. The number of nitrogens with zero attached hydrogens (tertiary/aromatic N) is 1. The first-order valence-electron chi connectivity index (χ1n) is 5.96. The average Bonchev–Trinajstić information content (AvgIpc) is 2.56. The molecule has 0 aliphatic carbocycles. The molecule has 1 aliphatic rings. The molecule has 2 rings (SSSR count). The van der Waals surface area contributed by atoms with Crippen molar-refractivity contribution in [1.29, 1.82) is 0 Å². The molecule has 1 amide bonds. The molecule has 0 bridgehead atoms. The van der Waals surface area contributed by atoms with Crippen LogP contribution in [0, 0.1) is 5.82 Å². The second-order valence-corrected chi connectivity index (χ2v) is 4.37. The van der Waals surface area contributed by atoms with E-state index in [9.17, 15) is 9.18 Å². The van der Waals surface area contributed by atoms with E-state index < -0.39 is 5.82 Å². The van der Waals surface area contributed by atoms with Gasteiger partial charge in [0.15, 0.2) is 0 Å². The maximum absolute atomic E-state index is 13.5. The summed E-state index contributed by atoms with van der Waals surface area (Å²) in [5.41, 5.74) is 0.0460. The second kappa shape index (κ2) is 5.17. The molecule has 1 aromatic rings. The zero-order valence-electron chi connectivity index (χ0n) is 9.66. The van der Waals surface area contributed by atoms with Crippen molar-refractivity contribution in [3.05, 3.63) is 29.6 Å². The van der Waals surface area contributed by atoms with Gasteiger partial charge in [0.1, 0.15) is 11.6 Å². The van der Waals surface area contributed by atoms with Crippen molar-refractivity contribution >= 4 is 5.91 Å². The smallest absolute Gasteiger partial charge is 0.256 e. The monoisotopic (exact) mass is 237 g/mol. The summed E-state index contributed by atoms with van der Waals surface area (Å²) in [6.45, 7) is 1.39. The zero-order chi connectivity index (χ0) is 12.3. The van der Waals surface area contributed by atoms with E-state index in [0.29, 0.717) is 13.1 Å². The maximum Gasteiger partial charge on any atom is 0.256 e. The van der Waals surface area contributed by atoms with Crippen molar-refractivity contribution in [2.45, 2.75) is 25.7 Å². The quantitative estimate of drug-likeness (QED) is 0.815. The van der Waals surface area contributed by atoms with Crippen LogP contribution >= 0.6 is 0 Å². The highest BCUT2D eigenvalue weighted by Crippen LogP contribution is 2.18. The van der Waals surface area contributed by atoms with Gasteiger partial charge >= 0.3 is 0 Å². The molecule has 0 spiro atoms. The minimum absolute atomic E-state index is 0.0460. The van der Waals surface area contributed by atoms with E-state index in [-0.39, 0.29) is 17.2 Å². The standard InChI is InChI=1S/C13H16FNO2/c14-12-9-10(16)5-6-11(12)13(17)15-7-3-1-2-4-8-15/h5-6,9,16H,1-4,7-8H2. The minimum atomic E-state index is -0.653. The Morgan fingerprint density at radius 2 is 1.82 bits per heavy atom. The molecule has 0 radical (unpaired) electrons. The van der Waals surface area contributed by atoms with Crippen molar-refractivity contribution in [1.82, 2.24) is 4.90 Å². The molecule has 1 aliphatic heterocycles. The Hall–Kier alpha value is -1.58. The summed E-state index contributed by atoms with van der Waals surface area (Å²) in [6, 6.07) is 3.66. The summed E-state index contributed by atoms with van der Waals surface area (Å²) in [5.74, 6) is -1.08. The summed E-state index contributed by atoms with van der Waals surface area (Å²) >= 11 is 0. The van der Waals surface area contributed by atoms with E-state index in [4.69, 9.17) is 5.11 Å². The number of hydrogen-bond acceptors (Lipinski definition) is 2. The number of benzene rings is 1. The number of phenols is 1. The first kappa shape index (κ1) is 11.9. The van der Waals surface area contributed by atoms with Gasteiger partial charge < -0.3 is 10.0 Å². The van der Waals surface area contributed by atoms with Gasteiger partial charge in [-0.2, -0.15) is 0 Å². The molecular weight excluding hydrogens is 221 g/mol. The van der Waals surface area contributed by atoms with Crippen LogP contribution in [-0.2, 0) is 0 Å². The Balaban J connectivity index is 2.17. The number of likely N-dealkylation sites (tertiary alicyclic amines) is 1. The van der Waals surface area contributed by atoms with Gasteiger partial charge in [-0.25, -0.2) is 4.39 Å². The lowest BCUT2D eigenvalue weighted by Crippen LogP contribution is -2.32. The summed E-state index contributed by atoms with van der Waals surface area (Å²) in [5, 5.41) is 9.11. The first-order chi connectivity index (χ1) is 8.18. The van der Waals surface area contributed by atoms with Gasteiger partial charge in [-0.1, -0.05) is 12.8 Å². The van der Waals surface area contributed by atoms with E-state index in [2.05, 4.69) is 0 Å². The van der Waals surface area contributed by atoms with E-state index in [1.807, 2.05) is 0 Å². The van der Waals surface area contributed by atoms with Gasteiger partial charge in [-0.3, -0.25) is 4.79 Å². The van der Waals surface area contributed by atoms with Gasteiger partial charge in [0, 0.05) is 19.2 Å². The van der Waals surface area contributed by atoms with Crippen molar-refractivity contribution < 1.29 is 14.3 Å². The maximum atomic E-state index is 13.5. The van der Waals surface area contributed by atoms with Crippen LogP contribution in [0.3, 0.4) is 0 Å². The fourth-order valence-electron chi connectivity index (χ4n) is 2.12.